The molecule has 1 aliphatic rings. The lowest BCUT2D eigenvalue weighted by atomic mass is 10.0. The molecular weight excluding hydrogens is 261 g/mol. The van der Waals surface area contributed by atoms with Gasteiger partial charge < -0.3 is 5.73 Å². The number of hydrogen-bond donors (Lipinski definition) is 1. The van der Waals surface area contributed by atoms with Crippen molar-refractivity contribution in [1.82, 2.24) is 0 Å². The van der Waals surface area contributed by atoms with Gasteiger partial charge in [0.05, 0.1) is 5.02 Å². The molecule has 0 unspecified atom stereocenters. The van der Waals surface area contributed by atoms with Gasteiger partial charge in [-0.1, -0.05) is 31.5 Å². The fourth-order valence-electron chi connectivity index (χ4n) is 2.02. The summed E-state index contributed by atoms with van der Waals surface area (Å²) in [7, 11) is 0. The van der Waals surface area contributed by atoms with Crippen molar-refractivity contribution in [3.8, 4) is 0 Å². The summed E-state index contributed by atoms with van der Waals surface area (Å²) in [4.78, 5) is 0. The Labute approximate surface area is 97.8 Å². The molecule has 0 heterocycles. The molecule has 1 aromatic rings. The lowest BCUT2D eigenvalue weighted by molar-refractivity contribution is 0.599. The van der Waals surface area contributed by atoms with Gasteiger partial charge in [-0.05, 0) is 39.0 Å². The first-order chi connectivity index (χ1) is 6.44. The Morgan fingerprint density at radius 2 is 2.00 bits per heavy atom. The van der Waals surface area contributed by atoms with Crippen LogP contribution >= 0.6 is 27.5 Å². The van der Waals surface area contributed by atoms with Crippen molar-refractivity contribution in [3.63, 3.8) is 0 Å². The standard InChI is InChI=1S/C11H13BrClN/c1-11(2)9(10(11)14)6-3-4-8(13)7(12)5-6/h3-5,9-10H,14H2,1-2H3/t9-,10-/m0/s1. The van der Waals surface area contributed by atoms with E-state index >= 15 is 0 Å². The van der Waals surface area contributed by atoms with Crippen molar-refractivity contribution in [2.24, 2.45) is 11.1 Å². The van der Waals surface area contributed by atoms with Crippen LogP contribution in [0.1, 0.15) is 25.3 Å². The lowest BCUT2D eigenvalue weighted by Crippen LogP contribution is -2.06. The molecule has 1 aliphatic carbocycles. The van der Waals surface area contributed by atoms with Gasteiger partial charge in [-0.15, -0.1) is 0 Å². The zero-order chi connectivity index (χ0) is 10.5. The Balaban J connectivity index is 2.32. The molecule has 2 atom stereocenters. The van der Waals surface area contributed by atoms with Crippen LogP contribution in [0.4, 0.5) is 0 Å². The predicted molar refractivity (Wildman–Crippen MR) is 63.6 cm³/mol. The molecule has 0 aliphatic heterocycles. The first-order valence-corrected chi connectivity index (χ1v) is 5.82. The second-order valence-electron chi connectivity index (χ2n) is 4.50. The summed E-state index contributed by atoms with van der Waals surface area (Å²) in [6.45, 7) is 4.40. The molecule has 76 valence electrons. The molecule has 2 N–H and O–H groups in total. The number of hydrogen-bond acceptors (Lipinski definition) is 1. The third-order valence-corrected chi connectivity index (χ3v) is 4.43. The number of halogens is 2. The van der Waals surface area contributed by atoms with E-state index in [-0.39, 0.29) is 11.5 Å². The van der Waals surface area contributed by atoms with Crippen LogP contribution in [0.5, 0.6) is 0 Å². The molecule has 0 aromatic heterocycles. The normalized spacial score (nSPS) is 28.9. The van der Waals surface area contributed by atoms with E-state index in [1.54, 1.807) is 0 Å². The van der Waals surface area contributed by atoms with E-state index in [9.17, 15) is 0 Å². The average molecular weight is 275 g/mol. The molecule has 1 saturated carbocycles. The number of benzene rings is 1. The molecule has 1 fully saturated rings. The Kier molecular flexibility index (Phi) is 2.41. The summed E-state index contributed by atoms with van der Waals surface area (Å²) in [5.74, 6) is 0.469. The van der Waals surface area contributed by atoms with E-state index < -0.39 is 0 Å². The Morgan fingerprint density at radius 1 is 1.43 bits per heavy atom. The van der Waals surface area contributed by atoms with Crippen molar-refractivity contribution in [3.05, 3.63) is 33.3 Å². The molecule has 1 aromatic carbocycles. The molecule has 0 amide bonds. The van der Waals surface area contributed by atoms with Gasteiger partial charge in [0, 0.05) is 16.4 Å². The monoisotopic (exact) mass is 273 g/mol. The van der Waals surface area contributed by atoms with Gasteiger partial charge in [0.15, 0.2) is 0 Å². The van der Waals surface area contributed by atoms with E-state index in [0.717, 1.165) is 9.50 Å². The molecular formula is C11H13BrClN. The van der Waals surface area contributed by atoms with Gasteiger partial charge >= 0.3 is 0 Å². The van der Waals surface area contributed by atoms with Crippen molar-refractivity contribution < 1.29 is 0 Å². The van der Waals surface area contributed by atoms with Crippen LogP contribution in [0.15, 0.2) is 22.7 Å². The minimum Gasteiger partial charge on any atom is -0.327 e. The highest BCUT2D eigenvalue weighted by atomic mass is 79.9. The topological polar surface area (TPSA) is 26.0 Å². The number of rotatable bonds is 1. The second-order valence-corrected chi connectivity index (χ2v) is 5.76. The quantitative estimate of drug-likeness (QED) is 0.833. The van der Waals surface area contributed by atoms with E-state index in [2.05, 4.69) is 41.9 Å². The highest BCUT2D eigenvalue weighted by Crippen LogP contribution is 2.57. The maximum Gasteiger partial charge on any atom is 0.0548 e. The van der Waals surface area contributed by atoms with Gasteiger partial charge in [-0.2, -0.15) is 0 Å². The zero-order valence-electron chi connectivity index (χ0n) is 8.22. The SMILES string of the molecule is CC1(C)[C@@H](N)[C@@H]1c1ccc(Cl)c(Br)c1. The lowest BCUT2D eigenvalue weighted by Gasteiger charge is -2.04. The van der Waals surface area contributed by atoms with Crippen LogP contribution in [0.25, 0.3) is 0 Å². The highest BCUT2D eigenvalue weighted by molar-refractivity contribution is 9.10. The van der Waals surface area contributed by atoms with Gasteiger partial charge in [0.25, 0.3) is 0 Å². The third kappa shape index (κ3) is 1.50. The Hall–Kier alpha value is -0.0500. The van der Waals surface area contributed by atoms with E-state index in [1.165, 1.54) is 5.56 Å². The molecule has 0 spiro atoms. The fourth-order valence-corrected chi connectivity index (χ4v) is 2.53. The van der Waals surface area contributed by atoms with Gasteiger partial charge in [0.1, 0.15) is 0 Å². The Bertz CT molecular complexity index is 376. The minimum absolute atomic E-state index is 0.229. The van der Waals surface area contributed by atoms with Crippen LogP contribution < -0.4 is 5.73 Å². The third-order valence-electron chi connectivity index (χ3n) is 3.21. The maximum absolute atomic E-state index is 6.02. The molecule has 0 radical (unpaired) electrons. The predicted octanol–water partition coefficient (Wildman–Crippen LogP) is 3.55. The van der Waals surface area contributed by atoms with Gasteiger partial charge in [0.2, 0.25) is 0 Å². The van der Waals surface area contributed by atoms with E-state index in [1.807, 2.05) is 6.07 Å². The van der Waals surface area contributed by atoms with E-state index in [0.29, 0.717) is 5.92 Å². The molecule has 0 saturated heterocycles. The van der Waals surface area contributed by atoms with Gasteiger partial charge in [-0.3, -0.25) is 0 Å². The number of nitrogens with two attached hydrogens (primary N) is 1. The van der Waals surface area contributed by atoms with Crippen LogP contribution in [0.2, 0.25) is 5.02 Å². The molecule has 2 rings (SSSR count). The van der Waals surface area contributed by atoms with Crippen molar-refractivity contribution in [2.45, 2.75) is 25.8 Å². The average Bonchev–Trinajstić information content (AvgIpc) is 2.58. The molecule has 0 bridgehead atoms. The summed E-state index contributed by atoms with van der Waals surface area (Å²) in [6, 6.07) is 6.33. The van der Waals surface area contributed by atoms with Crippen molar-refractivity contribution in [2.75, 3.05) is 0 Å². The van der Waals surface area contributed by atoms with Crippen LogP contribution in [0.3, 0.4) is 0 Å². The molecule has 3 heteroatoms. The first kappa shape index (κ1) is 10.5. The minimum atomic E-state index is 0.229. The first-order valence-electron chi connectivity index (χ1n) is 4.65. The maximum atomic E-state index is 6.02. The van der Waals surface area contributed by atoms with E-state index in [4.69, 9.17) is 17.3 Å². The van der Waals surface area contributed by atoms with Crippen molar-refractivity contribution in [1.29, 1.82) is 0 Å². The van der Waals surface area contributed by atoms with Gasteiger partial charge in [-0.25, -0.2) is 0 Å². The van der Waals surface area contributed by atoms with Crippen LogP contribution in [-0.2, 0) is 0 Å². The summed E-state index contributed by atoms with van der Waals surface area (Å²) in [5.41, 5.74) is 7.52. The fraction of sp³-hybridized carbons (Fsp3) is 0.455. The highest BCUT2D eigenvalue weighted by Gasteiger charge is 2.56. The summed E-state index contributed by atoms with van der Waals surface area (Å²) in [6.07, 6.45) is 0. The molecule has 1 nitrogen and oxygen atoms in total. The zero-order valence-corrected chi connectivity index (χ0v) is 10.6. The van der Waals surface area contributed by atoms with Crippen LogP contribution in [0, 0.1) is 5.41 Å². The summed E-state index contributed by atoms with van der Waals surface area (Å²) < 4.78 is 0.951. The molecule has 14 heavy (non-hydrogen) atoms. The Morgan fingerprint density at radius 3 is 2.43 bits per heavy atom. The smallest absolute Gasteiger partial charge is 0.0548 e. The second kappa shape index (κ2) is 3.22. The summed E-state index contributed by atoms with van der Waals surface area (Å²) >= 11 is 9.36. The largest absolute Gasteiger partial charge is 0.327 e. The summed E-state index contributed by atoms with van der Waals surface area (Å²) in [5, 5.41) is 0.751. The van der Waals surface area contributed by atoms with Crippen molar-refractivity contribution >= 4 is 27.5 Å². The van der Waals surface area contributed by atoms with Crippen LogP contribution in [-0.4, -0.2) is 6.04 Å².